The fourth-order valence-electron chi connectivity index (χ4n) is 3.75. The van der Waals surface area contributed by atoms with Gasteiger partial charge in [-0.25, -0.2) is 0 Å². The van der Waals surface area contributed by atoms with Gasteiger partial charge >= 0.3 is 0 Å². The summed E-state index contributed by atoms with van der Waals surface area (Å²) in [5.41, 5.74) is 4.21. The smallest absolute Gasteiger partial charge is 0.174 e. The first-order valence-electron chi connectivity index (χ1n) is 11.1. The number of fused-ring (bicyclic) bond motifs is 1. The van der Waals surface area contributed by atoms with Crippen LogP contribution in [0.15, 0.2) is 75.7 Å². The molecule has 0 fully saturated rings. The first kappa shape index (κ1) is 21.6. The van der Waals surface area contributed by atoms with Crippen molar-refractivity contribution < 1.29 is 9.26 Å². The van der Waals surface area contributed by atoms with Crippen molar-refractivity contribution in [3.63, 3.8) is 0 Å². The second kappa shape index (κ2) is 10.6. The van der Waals surface area contributed by atoms with E-state index in [1.54, 1.807) is 0 Å². The first-order chi connectivity index (χ1) is 15.2. The fraction of sp³-hybridized carbons (Fsp3) is 0.296. The average molecular weight is 478 g/mol. The van der Waals surface area contributed by atoms with Gasteiger partial charge in [0.05, 0.1) is 12.0 Å². The van der Waals surface area contributed by atoms with E-state index >= 15 is 0 Å². The SMILES string of the molecule is CCCCCCCCOc1ccc(-c2ccc(-c3onc4ccc(Br)cc34)cc2)cc1. The summed E-state index contributed by atoms with van der Waals surface area (Å²) in [6.45, 7) is 3.04. The molecule has 4 aromatic rings. The van der Waals surface area contributed by atoms with Gasteiger partial charge in [0.15, 0.2) is 5.76 Å². The van der Waals surface area contributed by atoms with Crippen LogP contribution in [0.4, 0.5) is 0 Å². The van der Waals surface area contributed by atoms with Crippen molar-refractivity contribution >= 4 is 26.8 Å². The Labute approximate surface area is 192 Å². The molecule has 0 bridgehead atoms. The molecule has 0 unspecified atom stereocenters. The van der Waals surface area contributed by atoms with Crippen LogP contribution in [0.1, 0.15) is 45.4 Å². The summed E-state index contributed by atoms with van der Waals surface area (Å²) in [6, 6.07) is 22.7. The molecule has 0 saturated carbocycles. The van der Waals surface area contributed by atoms with Crippen LogP contribution >= 0.6 is 15.9 Å². The molecule has 0 atom stereocenters. The van der Waals surface area contributed by atoms with Crippen LogP contribution in [0.25, 0.3) is 33.4 Å². The Morgan fingerprint density at radius 2 is 1.42 bits per heavy atom. The second-order valence-corrected chi connectivity index (χ2v) is 8.81. The zero-order valence-electron chi connectivity index (χ0n) is 17.9. The van der Waals surface area contributed by atoms with Crippen molar-refractivity contribution in [2.75, 3.05) is 6.61 Å². The van der Waals surface area contributed by atoms with E-state index in [-0.39, 0.29) is 0 Å². The van der Waals surface area contributed by atoms with E-state index < -0.39 is 0 Å². The van der Waals surface area contributed by atoms with Crippen LogP contribution < -0.4 is 4.74 Å². The van der Waals surface area contributed by atoms with Crippen molar-refractivity contribution in [3.05, 3.63) is 71.2 Å². The van der Waals surface area contributed by atoms with Crippen LogP contribution in [-0.2, 0) is 0 Å². The molecule has 0 aliphatic rings. The minimum absolute atomic E-state index is 0.793. The molecule has 4 heteroatoms. The Balaban J connectivity index is 1.36. The monoisotopic (exact) mass is 477 g/mol. The molecule has 0 saturated heterocycles. The molecule has 4 rings (SSSR count). The summed E-state index contributed by atoms with van der Waals surface area (Å²) in [6.07, 6.45) is 7.67. The van der Waals surface area contributed by atoms with Crippen LogP contribution in [0, 0.1) is 0 Å². The summed E-state index contributed by atoms with van der Waals surface area (Å²) in [5, 5.41) is 5.17. The molecule has 1 aromatic heterocycles. The summed E-state index contributed by atoms with van der Waals surface area (Å²) in [5.74, 6) is 1.73. The van der Waals surface area contributed by atoms with Crippen molar-refractivity contribution in [3.8, 4) is 28.2 Å². The van der Waals surface area contributed by atoms with Crippen LogP contribution in [-0.4, -0.2) is 11.8 Å². The Morgan fingerprint density at radius 1 is 0.774 bits per heavy atom. The quantitative estimate of drug-likeness (QED) is 0.214. The number of nitrogens with zero attached hydrogens (tertiary/aromatic N) is 1. The molecule has 3 aromatic carbocycles. The van der Waals surface area contributed by atoms with E-state index in [2.05, 4.69) is 76.5 Å². The number of benzene rings is 3. The highest BCUT2D eigenvalue weighted by Crippen LogP contribution is 2.32. The van der Waals surface area contributed by atoms with Crippen molar-refractivity contribution in [2.45, 2.75) is 45.4 Å². The molecule has 3 nitrogen and oxygen atoms in total. The van der Waals surface area contributed by atoms with Crippen LogP contribution in [0.3, 0.4) is 0 Å². The Bertz CT molecular complexity index is 1100. The lowest BCUT2D eigenvalue weighted by Gasteiger charge is -2.08. The maximum atomic E-state index is 5.90. The highest BCUT2D eigenvalue weighted by atomic mass is 79.9. The molecule has 0 radical (unpaired) electrons. The van der Waals surface area contributed by atoms with Gasteiger partial charge in [0.25, 0.3) is 0 Å². The number of aromatic nitrogens is 1. The highest BCUT2D eigenvalue weighted by Gasteiger charge is 2.11. The molecule has 0 spiro atoms. The molecule has 0 aliphatic carbocycles. The van der Waals surface area contributed by atoms with Gasteiger partial charge in [0, 0.05) is 10.0 Å². The predicted octanol–water partition coefficient (Wildman–Crippen LogP) is 8.66. The van der Waals surface area contributed by atoms with Crippen LogP contribution in [0.5, 0.6) is 5.75 Å². The Hall–Kier alpha value is -2.59. The van der Waals surface area contributed by atoms with Crippen LogP contribution in [0.2, 0.25) is 0 Å². The predicted molar refractivity (Wildman–Crippen MR) is 131 cm³/mol. The number of ether oxygens (including phenoxy) is 1. The van der Waals surface area contributed by atoms with E-state index in [1.807, 2.05) is 18.2 Å². The molecule has 160 valence electrons. The summed E-state index contributed by atoms with van der Waals surface area (Å²) >= 11 is 3.52. The lowest BCUT2D eigenvalue weighted by Crippen LogP contribution is -1.97. The third kappa shape index (κ3) is 5.56. The third-order valence-electron chi connectivity index (χ3n) is 5.54. The van der Waals surface area contributed by atoms with Gasteiger partial charge in [-0.1, -0.05) is 96.5 Å². The Kier molecular flexibility index (Phi) is 7.42. The first-order valence-corrected chi connectivity index (χ1v) is 11.9. The highest BCUT2D eigenvalue weighted by molar-refractivity contribution is 9.10. The van der Waals surface area contributed by atoms with Crippen molar-refractivity contribution in [1.82, 2.24) is 5.16 Å². The Morgan fingerprint density at radius 3 is 2.16 bits per heavy atom. The number of rotatable bonds is 10. The summed E-state index contributed by atoms with van der Waals surface area (Å²) in [4.78, 5) is 0. The number of halogens is 1. The molecular formula is C27H28BrNO2. The van der Waals surface area contributed by atoms with Gasteiger partial charge in [0.2, 0.25) is 0 Å². The molecule has 0 N–H and O–H groups in total. The zero-order valence-corrected chi connectivity index (χ0v) is 19.5. The van der Waals surface area contributed by atoms with Crippen molar-refractivity contribution in [1.29, 1.82) is 0 Å². The van der Waals surface area contributed by atoms with Gasteiger partial charge in [-0.05, 0) is 47.9 Å². The minimum Gasteiger partial charge on any atom is -0.494 e. The van der Waals surface area contributed by atoms with E-state index in [9.17, 15) is 0 Å². The van der Waals surface area contributed by atoms with Gasteiger partial charge in [0.1, 0.15) is 11.3 Å². The average Bonchev–Trinajstić information content (AvgIpc) is 3.22. The van der Waals surface area contributed by atoms with Gasteiger partial charge in [-0.15, -0.1) is 0 Å². The topological polar surface area (TPSA) is 35.3 Å². The lowest BCUT2D eigenvalue weighted by atomic mass is 10.0. The van der Waals surface area contributed by atoms with Gasteiger partial charge < -0.3 is 9.26 Å². The lowest BCUT2D eigenvalue weighted by molar-refractivity contribution is 0.304. The molecule has 0 amide bonds. The fourth-order valence-corrected chi connectivity index (χ4v) is 4.11. The molecule has 1 heterocycles. The molecular weight excluding hydrogens is 450 g/mol. The number of hydrogen-bond acceptors (Lipinski definition) is 3. The second-order valence-electron chi connectivity index (χ2n) is 7.89. The van der Waals surface area contributed by atoms with E-state index in [1.165, 1.54) is 37.7 Å². The van der Waals surface area contributed by atoms with E-state index in [0.29, 0.717) is 0 Å². The number of hydrogen-bond donors (Lipinski definition) is 0. The molecule has 0 aliphatic heterocycles. The zero-order chi connectivity index (χ0) is 21.5. The van der Waals surface area contributed by atoms with E-state index in [4.69, 9.17) is 9.26 Å². The number of unbranched alkanes of at least 4 members (excludes halogenated alkanes) is 5. The third-order valence-corrected chi connectivity index (χ3v) is 6.03. The molecule has 31 heavy (non-hydrogen) atoms. The van der Waals surface area contributed by atoms with Gasteiger partial charge in [-0.2, -0.15) is 0 Å². The maximum Gasteiger partial charge on any atom is 0.174 e. The normalized spacial score (nSPS) is 11.2. The largest absolute Gasteiger partial charge is 0.494 e. The summed E-state index contributed by atoms with van der Waals surface area (Å²) in [7, 11) is 0. The van der Waals surface area contributed by atoms with Crippen molar-refractivity contribution in [2.24, 2.45) is 0 Å². The standard InChI is InChI=1S/C27H28BrNO2/c1-2-3-4-5-6-7-18-30-24-15-12-21(13-16-24)20-8-10-22(11-9-20)27-25-19-23(28)14-17-26(25)29-31-27/h8-17,19H,2-7,18H2,1H3. The minimum atomic E-state index is 0.793. The summed E-state index contributed by atoms with van der Waals surface area (Å²) < 4.78 is 12.5. The maximum absolute atomic E-state index is 5.90. The van der Waals surface area contributed by atoms with Gasteiger partial charge in [-0.3, -0.25) is 0 Å². The van der Waals surface area contributed by atoms with E-state index in [0.717, 1.165) is 51.0 Å².